The van der Waals surface area contributed by atoms with Gasteiger partial charge >= 0.3 is 0 Å². The fraction of sp³-hybridized carbons (Fsp3) is 0.682. The van der Waals surface area contributed by atoms with Crippen molar-refractivity contribution in [2.24, 2.45) is 4.99 Å². The Morgan fingerprint density at radius 3 is 2.72 bits per heavy atom. The predicted octanol–water partition coefficient (Wildman–Crippen LogP) is 3.27. The Kier molecular flexibility index (Phi) is 15.2. The normalized spacial score (nSPS) is 17.6. The summed E-state index contributed by atoms with van der Waals surface area (Å²) in [4.78, 5) is 7.46. The molecular formula is C22H39IN4O2. The Hall–Kier alpha value is -0.900. The van der Waals surface area contributed by atoms with Gasteiger partial charge in [-0.3, -0.25) is 9.89 Å². The van der Waals surface area contributed by atoms with Crippen LogP contribution in [0.25, 0.3) is 0 Å². The highest BCUT2D eigenvalue weighted by molar-refractivity contribution is 14.0. The monoisotopic (exact) mass is 518 g/mol. The van der Waals surface area contributed by atoms with Gasteiger partial charge in [-0.1, -0.05) is 36.8 Å². The highest BCUT2D eigenvalue weighted by Gasteiger charge is 2.22. The third-order valence-corrected chi connectivity index (χ3v) is 4.97. The van der Waals surface area contributed by atoms with E-state index < -0.39 is 0 Å². The molecule has 0 amide bonds. The lowest BCUT2D eigenvalue weighted by Gasteiger charge is -2.35. The molecule has 0 aromatic heterocycles. The van der Waals surface area contributed by atoms with Crippen molar-refractivity contribution in [1.29, 1.82) is 0 Å². The molecule has 1 heterocycles. The van der Waals surface area contributed by atoms with Gasteiger partial charge in [0.25, 0.3) is 0 Å². The van der Waals surface area contributed by atoms with Crippen LogP contribution in [0.4, 0.5) is 0 Å². The molecule has 6 nitrogen and oxygen atoms in total. The predicted molar refractivity (Wildman–Crippen MR) is 131 cm³/mol. The number of halogens is 1. The Labute approximate surface area is 193 Å². The minimum absolute atomic E-state index is 0. The lowest BCUT2D eigenvalue weighted by molar-refractivity contribution is 0.0698. The van der Waals surface area contributed by atoms with Gasteiger partial charge in [-0.25, -0.2) is 0 Å². The molecule has 1 aromatic carbocycles. The van der Waals surface area contributed by atoms with Crippen LogP contribution in [-0.2, 0) is 16.0 Å². The van der Waals surface area contributed by atoms with E-state index in [1.165, 1.54) is 24.8 Å². The van der Waals surface area contributed by atoms with E-state index in [1.807, 2.05) is 0 Å². The quantitative estimate of drug-likeness (QED) is 0.193. The molecule has 166 valence electrons. The van der Waals surface area contributed by atoms with Gasteiger partial charge in [-0.15, -0.1) is 24.0 Å². The van der Waals surface area contributed by atoms with Gasteiger partial charge in [0.15, 0.2) is 5.96 Å². The number of methoxy groups -OCH3 is 1. The summed E-state index contributed by atoms with van der Waals surface area (Å²) >= 11 is 0. The van der Waals surface area contributed by atoms with Crippen LogP contribution in [0.5, 0.6) is 0 Å². The van der Waals surface area contributed by atoms with E-state index in [2.05, 4.69) is 52.8 Å². The summed E-state index contributed by atoms with van der Waals surface area (Å²) in [6.07, 6.45) is 4.77. The molecule has 29 heavy (non-hydrogen) atoms. The zero-order valence-corrected chi connectivity index (χ0v) is 20.4. The third-order valence-electron chi connectivity index (χ3n) is 4.97. The van der Waals surface area contributed by atoms with E-state index >= 15 is 0 Å². The zero-order valence-electron chi connectivity index (χ0n) is 18.1. The molecule has 0 radical (unpaired) electrons. The molecule has 1 aliphatic heterocycles. The van der Waals surface area contributed by atoms with E-state index in [4.69, 9.17) is 14.5 Å². The molecule has 1 aromatic rings. The number of guanidine groups is 1. The first-order chi connectivity index (χ1) is 13.8. The van der Waals surface area contributed by atoms with E-state index in [-0.39, 0.29) is 24.0 Å². The third kappa shape index (κ3) is 11.2. The van der Waals surface area contributed by atoms with Gasteiger partial charge in [-0.05, 0) is 38.3 Å². The molecular weight excluding hydrogens is 479 g/mol. The molecule has 0 aliphatic carbocycles. The Morgan fingerprint density at radius 2 is 1.97 bits per heavy atom. The summed E-state index contributed by atoms with van der Waals surface area (Å²) in [7, 11) is 1.69. The number of likely N-dealkylation sites (tertiary alicyclic amines) is 1. The number of aliphatic imine (C=N–C) groups is 1. The van der Waals surface area contributed by atoms with Gasteiger partial charge in [0.2, 0.25) is 0 Å². The average molecular weight is 518 g/mol. The molecule has 7 heteroatoms. The summed E-state index contributed by atoms with van der Waals surface area (Å²) < 4.78 is 10.5. The van der Waals surface area contributed by atoms with Crippen LogP contribution >= 0.6 is 24.0 Å². The molecule has 1 atom stereocenters. The molecule has 1 unspecified atom stereocenters. The molecule has 2 N–H and O–H groups in total. The number of benzene rings is 1. The second-order valence-electron chi connectivity index (χ2n) is 7.21. The van der Waals surface area contributed by atoms with Crippen LogP contribution in [0.3, 0.4) is 0 Å². The maximum Gasteiger partial charge on any atom is 0.191 e. The topological polar surface area (TPSA) is 58.1 Å². The fourth-order valence-electron chi connectivity index (χ4n) is 3.46. The second-order valence-corrected chi connectivity index (χ2v) is 7.21. The molecule has 0 saturated carbocycles. The van der Waals surface area contributed by atoms with Crippen molar-refractivity contribution in [3.05, 3.63) is 35.9 Å². The molecule has 1 aliphatic rings. The standard InChI is InChI=1S/C22H38N4O2.HI/c1-3-23-22(24-13-9-15-28-17-16-27-2)25-18-21-12-7-8-14-26(21)19-20-10-5-4-6-11-20;/h4-6,10-11,21H,3,7-9,12-19H2,1-2H3,(H2,23,24,25);1H. The van der Waals surface area contributed by atoms with Crippen molar-refractivity contribution < 1.29 is 9.47 Å². The van der Waals surface area contributed by atoms with E-state index in [1.54, 1.807) is 7.11 Å². The van der Waals surface area contributed by atoms with Crippen LogP contribution in [0.15, 0.2) is 35.3 Å². The van der Waals surface area contributed by atoms with Gasteiger partial charge < -0.3 is 20.1 Å². The van der Waals surface area contributed by atoms with Gasteiger partial charge in [0.05, 0.1) is 19.8 Å². The maximum absolute atomic E-state index is 5.51. The van der Waals surface area contributed by atoms with Crippen LogP contribution in [-0.4, -0.2) is 70.0 Å². The summed E-state index contributed by atoms with van der Waals surface area (Å²) in [5.74, 6) is 0.907. The lowest BCUT2D eigenvalue weighted by atomic mass is 10.0. The van der Waals surface area contributed by atoms with Crippen LogP contribution in [0, 0.1) is 0 Å². The number of hydrogen-bond donors (Lipinski definition) is 2. The number of nitrogens with zero attached hydrogens (tertiary/aromatic N) is 2. The molecule has 1 saturated heterocycles. The Bertz CT molecular complexity index is 545. The first-order valence-electron chi connectivity index (χ1n) is 10.7. The SMILES string of the molecule is CCNC(=NCC1CCCCN1Cc1ccccc1)NCCCOCCOC.I. The molecule has 0 bridgehead atoms. The van der Waals surface area contributed by atoms with Crippen molar-refractivity contribution in [2.45, 2.75) is 45.2 Å². The number of hydrogen-bond acceptors (Lipinski definition) is 4. The van der Waals surface area contributed by atoms with Crippen molar-refractivity contribution in [3.8, 4) is 0 Å². The lowest BCUT2D eigenvalue weighted by Crippen LogP contribution is -2.43. The van der Waals surface area contributed by atoms with Crippen molar-refractivity contribution >= 4 is 29.9 Å². The van der Waals surface area contributed by atoms with E-state index in [9.17, 15) is 0 Å². The van der Waals surface area contributed by atoms with Crippen LogP contribution in [0.2, 0.25) is 0 Å². The van der Waals surface area contributed by atoms with Gasteiger partial charge in [0.1, 0.15) is 0 Å². The second kappa shape index (κ2) is 16.8. The van der Waals surface area contributed by atoms with Gasteiger partial charge in [0, 0.05) is 39.4 Å². The Morgan fingerprint density at radius 1 is 1.14 bits per heavy atom. The van der Waals surface area contributed by atoms with Crippen LogP contribution < -0.4 is 10.6 Å². The maximum atomic E-state index is 5.51. The van der Waals surface area contributed by atoms with Crippen molar-refractivity contribution in [1.82, 2.24) is 15.5 Å². The largest absolute Gasteiger partial charge is 0.382 e. The average Bonchev–Trinajstić information content (AvgIpc) is 2.73. The molecule has 1 fully saturated rings. The summed E-state index contributed by atoms with van der Waals surface area (Å²) in [6.45, 7) is 8.90. The number of rotatable bonds is 12. The minimum Gasteiger partial charge on any atom is -0.382 e. The summed E-state index contributed by atoms with van der Waals surface area (Å²) in [5, 5.41) is 6.78. The van der Waals surface area contributed by atoms with E-state index in [0.29, 0.717) is 19.3 Å². The number of ether oxygens (including phenoxy) is 2. The Balaban J connectivity index is 0.00000420. The summed E-state index contributed by atoms with van der Waals surface area (Å²) in [6, 6.07) is 11.3. The number of piperidine rings is 1. The van der Waals surface area contributed by atoms with Crippen LogP contribution in [0.1, 0.15) is 38.2 Å². The summed E-state index contributed by atoms with van der Waals surface area (Å²) in [5.41, 5.74) is 1.39. The van der Waals surface area contributed by atoms with Crippen molar-refractivity contribution in [3.63, 3.8) is 0 Å². The first kappa shape index (κ1) is 26.1. The minimum atomic E-state index is 0. The first-order valence-corrected chi connectivity index (χ1v) is 10.7. The highest BCUT2D eigenvalue weighted by Crippen LogP contribution is 2.20. The van der Waals surface area contributed by atoms with Crippen molar-refractivity contribution in [2.75, 3.05) is 53.1 Å². The van der Waals surface area contributed by atoms with E-state index in [0.717, 1.165) is 51.7 Å². The number of nitrogens with one attached hydrogen (secondary N) is 2. The molecule has 2 rings (SSSR count). The van der Waals surface area contributed by atoms with Gasteiger partial charge in [-0.2, -0.15) is 0 Å². The smallest absolute Gasteiger partial charge is 0.191 e. The molecule has 0 spiro atoms. The zero-order chi connectivity index (χ0) is 19.9. The highest BCUT2D eigenvalue weighted by atomic mass is 127. The fourth-order valence-corrected chi connectivity index (χ4v) is 3.46.